The van der Waals surface area contributed by atoms with Crippen molar-refractivity contribution < 1.29 is 4.79 Å². The van der Waals surface area contributed by atoms with Crippen LogP contribution < -0.4 is 5.56 Å². The Bertz CT molecular complexity index is 1140. The van der Waals surface area contributed by atoms with Gasteiger partial charge in [-0.15, -0.1) is 11.3 Å². The van der Waals surface area contributed by atoms with Crippen LogP contribution in [-0.4, -0.2) is 38.2 Å². The lowest BCUT2D eigenvalue weighted by Crippen LogP contribution is -2.43. The Morgan fingerprint density at radius 3 is 2.48 bits per heavy atom. The van der Waals surface area contributed by atoms with Crippen LogP contribution in [0, 0.1) is 0 Å². The molecule has 2 heterocycles. The van der Waals surface area contributed by atoms with E-state index in [1.165, 1.54) is 28.6 Å². The van der Waals surface area contributed by atoms with Crippen molar-refractivity contribution in [3.8, 4) is 5.69 Å². The summed E-state index contributed by atoms with van der Waals surface area (Å²) in [5, 5.41) is 1.35. The van der Waals surface area contributed by atoms with Crippen LogP contribution in [0.15, 0.2) is 40.3 Å². The molecule has 4 rings (SSSR count). The molecule has 0 radical (unpaired) electrons. The fourth-order valence-electron chi connectivity index (χ4n) is 4.46. The minimum atomic E-state index is -0.0184. The molecule has 0 bridgehead atoms. The second-order valence-electron chi connectivity index (χ2n) is 8.54. The van der Waals surface area contributed by atoms with Gasteiger partial charge in [0.15, 0.2) is 5.16 Å². The predicted molar refractivity (Wildman–Crippen MR) is 130 cm³/mol. The van der Waals surface area contributed by atoms with Crippen LogP contribution in [0.1, 0.15) is 51.0 Å². The average molecular weight is 456 g/mol. The van der Waals surface area contributed by atoms with E-state index in [1.807, 2.05) is 62.9 Å². The number of aryl methyl sites for hydroxylation is 2. The lowest BCUT2D eigenvalue weighted by atomic mass is 9.97. The van der Waals surface area contributed by atoms with Gasteiger partial charge in [0.05, 0.1) is 16.8 Å². The Hall–Kier alpha value is -2.12. The maximum absolute atomic E-state index is 13.7. The topological polar surface area (TPSA) is 55.2 Å². The zero-order valence-corrected chi connectivity index (χ0v) is 20.2. The maximum Gasteiger partial charge on any atom is 0.267 e. The number of hydrogen-bond donors (Lipinski definition) is 0. The van der Waals surface area contributed by atoms with Crippen LogP contribution in [0.4, 0.5) is 0 Å². The number of fused-ring (bicyclic) bond motifs is 3. The van der Waals surface area contributed by atoms with Crippen molar-refractivity contribution in [3.05, 3.63) is 51.1 Å². The summed E-state index contributed by atoms with van der Waals surface area (Å²) >= 11 is 3.00. The molecule has 1 amide bonds. The lowest BCUT2D eigenvalue weighted by molar-refractivity contribution is -0.131. The summed E-state index contributed by atoms with van der Waals surface area (Å²) in [5.41, 5.74) is 1.96. The van der Waals surface area contributed by atoms with E-state index in [9.17, 15) is 9.59 Å². The fourth-order valence-corrected chi connectivity index (χ4v) is 6.65. The monoisotopic (exact) mass is 455 g/mol. The summed E-state index contributed by atoms with van der Waals surface area (Å²) in [7, 11) is 0. The molecule has 164 valence electrons. The molecule has 7 heteroatoms. The number of amides is 1. The highest BCUT2D eigenvalue weighted by atomic mass is 32.2. The smallest absolute Gasteiger partial charge is 0.267 e. The highest BCUT2D eigenvalue weighted by molar-refractivity contribution is 7.99. The van der Waals surface area contributed by atoms with Crippen molar-refractivity contribution in [3.63, 3.8) is 0 Å². The minimum Gasteiger partial charge on any atom is -0.337 e. The molecule has 0 spiro atoms. The third kappa shape index (κ3) is 4.30. The fraction of sp³-hybridized carbons (Fsp3) is 0.458. The Labute approximate surface area is 191 Å². The molecular formula is C24H29N3O2S2. The Kier molecular flexibility index (Phi) is 6.53. The van der Waals surface area contributed by atoms with E-state index >= 15 is 0 Å². The number of thioether (sulfide) groups is 1. The first-order valence-corrected chi connectivity index (χ1v) is 12.8. The van der Waals surface area contributed by atoms with Crippen LogP contribution in [-0.2, 0) is 17.6 Å². The molecule has 0 N–H and O–H groups in total. The van der Waals surface area contributed by atoms with Gasteiger partial charge in [0.2, 0.25) is 5.91 Å². The van der Waals surface area contributed by atoms with Crippen LogP contribution in [0.5, 0.6) is 0 Å². The summed E-state index contributed by atoms with van der Waals surface area (Å²) in [6.45, 7) is 8.12. The second-order valence-corrected chi connectivity index (χ2v) is 10.6. The first-order valence-electron chi connectivity index (χ1n) is 10.9. The number of carbonyl (C=O) groups excluding carboxylic acids is 1. The summed E-state index contributed by atoms with van der Waals surface area (Å²) in [6, 6.07) is 9.89. The second kappa shape index (κ2) is 9.17. The van der Waals surface area contributed by atoms with Gasteiger partial charge in [-0.25, -0.2) is 4.98 Å². The third-order valence-electron chi connectivity index (χ3n) is 5.70. The molecule has 3 aromatic rings. The molecule has 5 nitrogen and oxygen atoms in total. The van der Waals surface area contributed by atoms with Gasteiger partial charge in [-0.3, -0.25) is 14.2 Å². The van der Waals surface area contributed by atoms with Gasteiger partial charge >= 0.3 is 0 Å². The Morgan fingerprint density at radius 2 is 1.81 bits per heavy atom. The van der Waals surface area contributed by atoms with E-state index in [2.05, 4.69) is 0 Å². The van der Waals surface area contributed by atoms with E-state index < -0.39 is 0 Å². The highest BCUT2D eigenvalue weighted by Gasteiger charge is 2.25. The molecule has 1 aliphatic rings. The van der Waals surface area contributed by atoms with Gasteiger partial charge in [0.25, 0.3) is 5.56 Å². The van der Waals surface area contributed by atoms with E-state index in [4.69, 9.17) is 4.98 Å². The normalized spacial score (nSPS) is 13.7. The molecule has 0 fully saturated rings. The van der Waals surface area contributed by atoms with Crippen molar-refractivity contribution in [2.45, 2.75) is 70.6 Å². The van der Waals surface area contributed by atoms with Gasteiger partial charge in [0.1, 0.15) is 4.83 Å². The van der Waals surface area contributed by atoms with Crippen molar-refractivity contribution in [2.24, 2.45) is 0 Å². The molecule has 0 saturated heterocycles. The van der Waals surface area contributed by atoms with Crippen molar-refractivity contribution in [1.82, 2.24) is 14.5 Å². The van der Waals surface area contributed by atoms with Gasteiger partial charge in [-0.05, 0) is 71.1 Å². The highest BCUT2D eigenvalue weighted by Crippen LogP contribution is 2.35. The molecular weight excluding hydrogens is 426 g/mol. The summed E-state index contributed by atoms with van der Waals surface area (Å²) in [5.74, 6) is 0.320. The number of aromatic nitrogens is 2. The molecule has 0 atom stereocenters. The molecule has 1 aromatic carbocycles. The van der Waals surface area contributed by atoms with E-state index in [1.54, 1.807) is 15.9 Å². The summed E-state index contributed by atoms with van der Waals surface area (Å²) in [6.07, 6.45) is 4.27. The van der Waals surface area contributed by atoms with Gasteiger partial charge < -0.3 is 4.90 Å². The summed E-state index contributed by atoms with van der Waals surface area (Å²) < 4.78 is 1.69. The standard InChI is InChI=1S/C24H29N3O2S2/c1-15(2)26(16(3)4)20(28)14-30-24-25-22-21(18-12-8-9-13-19(18)31-22)23(29)27(24)17-10-6-5-7-11-17/h5-7,10-11,15-16H,8-9,12-14H2,1-4H3. The largest absolute Gasteiger partial charge is 0.337 e. The first-order chi connectivity index (χ1) is 14.9. The molecule has 31 heavy (non-hydrogen) atoms. The summed E-state index contributed by atoms with van der Waals surface area (Å²) in [4.78, 5) is 35.6. The third-order valence-corrected chi connectivity index (χ3v) is 7.81. The number of carbonyl (C=O) groups is 1. The van der Waals surface area contributed by atoms with Gasteiger partial charge in [0, 0.05) is 17.0 Å². The molecule has 2 aromatic heterocycles. The van der Waals surface area contributed by atoms with E-state index in [-0.39, 0.29) is 29.3 Å². The zero-order chi connectivity index (χ0) is 22.1. The van der Waals surface area contributed by atoms with Crippen molar-refractivity contribution >= 4 is 39.2 Å². The number of thiophene rings is 1. The molecule has 0 saturated carbocycles. The zero-order valence-electron chi connectivity index (χ0n) is 18.6. The van der Waals surface area contributed by atoms with Crippen LogP contribution in [0.3, 0.4) is 0 Å². The van der Waals surface area contributed by atoms with E-state index in [0.29, 0.717) is 5.16 Å². The average Bonchev–Trinajstić information content (AvgIpc) is 3.11. The maximum atomic E-state index is 13.7. The Morgan fingerprint density at radius 1 is 1.13 bits per heavy atom. The predicted octanol–water partition coefficient (Wildman–Crippen LogP) is 5.06. The molecule has 1 aliphatic carbocycles. The molecule has 0 unspecified atom stereocenters. The molecule has 0 aliphatic heterocycles. The van der Waals surface area contributed by atoms with Crippen molar-refractivity contribution in [2.75, 3.05) is 5.75 Å². The first kappa shape index (κ1) is 22.1. The van der Waals surface area contributed by atoms with Crippen LogP contribution in [0.2, 0.25) is 0 Å². The van der Waals surface area contributed by atoms with Gasteiger partial charge in [-0.2, -0.15) is 0 Å². The Balaban J connectivity index is 1.79. The SMILES string of the molecule is CC(C)N(C(=O)CSc1nc2sc3c(c2c(=O)n1-c1ccccc1)CCCC3)C(C)C. The lowest BCUT2D eigenvalue weighted by Gasteiger charge is -2.30. The number of nitrogens with zero attached hydrogens (tertiary/aromatic N) is 3. The number of benzene rings is 1. The number of para-hydroxylation sites is 1. The van der Waals surface area contributed by atoms with Crippen LogP contribution in [0.25, 0.3) is 15.9 Å². The number of rotatable bonds is 6. The minimum absolute atomic E-state index is 0.0184. The van der Waals surface area contributed by atoms with Crippen molar-refractivity contribution in [1.29, 1.82) is 0 Å². The van der Waals surface area contributed by atoms with Crippen LogP contribution >= 0.6 is 23.1 Å². The number of hydrogen-bond acceptors (Lipinski definition) is 5. The van der Waals surface area contributed by atoms with E-state index in [0.717, 1.165) is 35.2 Å². The quantitative estimate of drug-likeness (QED) is 0.385. The van der Waals surface area contributed by atoms with Gasteiger partial charge in [-0.1, -0.05) is 30.0 Å².